The van der Waals surface area contributed by atoms with Gasteiger partial charge < -0.3 is 15.5 Å². The summed E-state index contributed by atoms with van der Waals surface area (Å²) in [6.45, 7) is -0.659. The monoisotopic (exact) mass is 288 g/mol. The van der Waals surface area contributed by atoms with E-state index in [9.17, 15) is 9.59 Å². The standard InChI is InChI=1S/C9H9BrN2O4/c10-7-3-5(1-2-11-7)8(14)12-6(4-13)9(15)16/h1-3,6,13H,4H2,(H,12,14)(H,15,16)/t6-/m0/s1. The smallest absolute Gasteiger partial charge is 0.328 e. The van der Waals surface area contributed by atoms with Crippen LogP contribution in [0.15, 0.2) is 22.9 Å². The third kappa shape index (κ3) is 3.28. The Labute approximate surface area is 99.4 Å². The summed E-state index contributed by atoms with van der Waals surface area (Å²) in [6.07, 6.45) is 1.41. The van der Waals surface area contributed by atoms with E-state index >= 15 is 0 Å². The maximum Gasteiger partial charge on any atom is 0.328 e. The molecule has 0 aromatic carbocycles. The van der Waals surface area contributed by atoms with Gasteiger partial charge in [-0.2, -0.15) is 0 Å². The molecule has 86 valence electrons. The van der Waals surface area contributed by atoms with Gasteiger partial charge in [-0.25, -0.2) is 9.78 Å². The van der Waals surface area contributed by atoms with E-state index in [4.69, 9.17) is 10.2 Å². The fraction of sp³-hybridized carbons (Fsp3) is 0.222. The van der Waals surface area contributed by atoms with Gasteiger partial charge in [0.2, 0.25) is 0 Å². The highest BCUT2D eigenvalue weighted by molar-refractivity contribution is 9.10. The van der Waals surface area contributed by atoms with E-state index in [1.165, 1.54) is 18.3 Å². The highest BCUT2D eigenvalue weighted by atomic mass is 79.9. The van der Waals surface area contributed by atoms with Gasteiger partial charge >= 0.3 is 5.97 Å². The predicted molar refractivity (Wildman–Crippen MR) is 57.9 cm³/mol. The van der Waals surface area contributed by atoms with Crippen LogP contribution in [0, 0.1) is 0 Å². The molecule has 0 unspecified atom stereocenters. The molecule has 1 aromatic heterocycles. The number of carbonyl (C=O) groups is 2. The molecule has 3 N–H and O–H groups in total. The van der Waals surface area contributed by atoms with E-state index in [0.29, 0.717) is 4.60 Å². The molecule has 7 heteroatoms. The molecule has 1 amide bonds. The van der Waals surface area contributed by atoms with Crippen LogP contribution < -0.4 is 5.32 Å². The molecule has 1 rings (SSSR count). The summed E-state index contributed by atoms with van der Waals surface area (Å²) in [7, 11) is 0. The average Bonchev–Trinajstić information content (AvgIpc) is 2.25. The first-order chi connectivity index (χ1) is 7.54. The number of carboxylic acid groups (broad SMARTS) is 1. The number of halogens is 1. The van der Waals surface area contributed by atoms with Crippen LogP contribution in [0.3, 0.4) is 0 Å². The van der Waals surface area contributed by atoms with E-state index in [2.05, 4.69) is 26.2 Å². The van der Waals surface area contributed by atoms with Gasteiger partial charge in [0.25, 0.3) is 5.91 Å². The quantitative estimate of drug-likeness (QED) is 0.679. The number of rotatable bonds is 4. The molecule has 1 atom stereocenters. The number of amides is 1. The van der Waals surface area contributed by atoms with Crippen LogP contribution in [-0.2, 0) is 4.79 Å². The van der Waals surface area contributed by atoms with Crippen molar-refractivity contribution in [3.05, 3.63) is 28.5 Å². The number of nitrogens with zero attached hydrogens (tertiary/aromatic N) is 1. The number of nitrogens with one attached hydrogen (secondary N) is 1. The molecule has 0 spiro atoms. The van der Waals surface area contributed by atoms with Gasteiger partial charge in [-0.3, -0.25) is 4.79 Å². The Balaban J connectivity index is 2.75. The Morgan fingerprint density at radius 3 is 2.75 bits per heavy atom. The molecule has 0 fully saturated rings. The zero-order chi connectivity index (χ0) is 12.1. The molecule has 0 saturated heterocycles. The maximum absolute atomic E-state index is 11.5. The van der Waals surface area contributed by atoms with E-state index in [-0.39, 0.29) is 5.56 Å². The molecular weight excluding hydrogens is 280 g/mol. The second-order valence-corrected chi connectivity index (χ2v) is 3.73. The summed E-state index contributed by atoms with van der Waals surface area (Å²) in [4.78, 5) is 25.9. The van der Waals surface area contributed by atoms with Gasteiger partial charge in [0.15, 0.2) is 6.04 Å². The minimum absolute atomic E-state index is 0.265. The van der Waals surface area contributed by atoms with Crippen molar-refractivity contribution < 1.29 is 19.8 Å². The van der Waals surface area contributed by atoms with Crippen LogP contribution in [0.25, 0.3) is 0 Å². The lowest BCUT2D eigenvalue weighted by Crippen LogP contribution is -2.43. The lowest BCUT2D eigenvalue weighted by Gasteiger charge is -2.11. The third-order valence-electron chi connectivity index (χ3n) is 1.77. The van der Waals surface area contributed by atoms with E-state index < -0.39 is 24.5 Å². The lowest BCUT2D eigenvalue weighted by atomic mass is 10.2. The first-order valence-corrected chi connectivity index (χ1v) is 5.10. The van der Waals surface area contributed by atoms with Gasteiger partial charge in [0, 0.05) is 11.8 Å². The Morgan fingerprint density at radius 2 is 2.25 bits per heavy atom. The zero-order valence-corrected chi connectivity index (χ0v) is 9.64. The van der Waals surface area contributed by atoms with Crippen molar-refractivity contribution >= 4 is 27.8 Å². The summed E-state index contributed by atoms with van der Waals surface area (Å²) >= 11 is 3.09. The second-order valence-electron chi connectivity index (χ2n) is 2.91. The van der Waals surface area contributed by atoms with Crippen LogP contribution >= 0.6 is 15.9 Å². The summed E-state index contributed by atoms with van der Waals surface area (Å²) < 4.78 is 0.469. The Bertz CT molecular complexity index is 410. The summed E-state index contributed by atoms with van der Waals surface area (Å²) in [5, 5.41) is 19.5. The number of aliphatic hydroxyl groups is 1. The van der Waals surface area contributed by atoms with E-state index in [0.717, 1.165) is 0 Å². The zero-order valence-electron chi connectivity index (χ0n) is 8.05. The Kier molecular flexibility index (Phi) is 4.39. The highest BCUT2D eigenvalue weighted by Crippen LogP contribution is 2.07. The van der Waals surface area contributed by atoms with Crippen molar-refractivity contribution in [1.29, 1.82) is 0 Å². The number of hydrogen-bond acceptors (Lipinski definition) is 4. The van der Waals surface area contributed by atoms with Crippen molar-refractivity contribution in [2.24, 2.45) is 0 Å². The lowest BCUT2D eigenvalue weighted by molar-refractivity contribution is -0.140. The Hall–Kier alpha value is -1.47. The molecule has 0 radical (unpaired) electrons. The van der Waals surface area contributed by atoms with Gasteiger partial charge in [0.05, 0.1) is 6.61 Å². The second kappa shape index (κ2) is 5.57. The maximum atomic E-state index is 11.5. The van der Waals surface area contributed by atoms with Crippen LogP contribution in [0.2, 0.25) is 0 Å². The molecule has 1 heterocycles. The minimum atomic E-state index is -1.31. The molecule has 0 aliphatic rings. The molecular formula is C9H9BrN2O4. The number of carboxylic acids is 1. The highest BCUT2D eigenvalue weighted by Gasteiger charge is 2.19. The van der Waals surface area contributed by atoms with Crippen molar-refractivity contribution in [2.75, 3.05) is 6.61 Å². The Morgan fingerprint density at radius 1 is 1.56 bits per heavy atom. The van der Waals surface area contributed by atoms with Gasteiger partial charge in [0.1, 0.15) is 4.60 Å². The number of aromatic nitrogens is 1. The summed E-state index contributed by atoms with van der Waals surface area (Å²) in [6, 6.07) is 1.58. The molecule has 0 aliphatic carbocycles. The van der Waals surface area contributed by atoms with Gasteiger partial charge in [-0.15, -0.1) is 0 Å². The number of aliphatic hydroxyl groups excluding tert-OH is 1. The van der Waals surface area contributed by atoms with Crippen LogP contribution in [0.5, 0.6) is 0 Å². The van der Waals surface area contributed by atoms with E-state index in [1.807, 2.05) is 0 Å². The fourth-order valence-corrected chi connectivity index (χ4v) is 1.34. The first-order valence-electron chi connectivity index (χ1n) is 4.30. The van der Waals surface area contributed by atoms with Gasteiger partial charge in [-0.05, 0) is 28.1 Å². The van der Waals surface area contributed by atoms with Crippen molar-refractivity contribution in [2.45, 2.75) is 6.04 Å². The first kappa shape index (κ1) is 12.6. The molecule has 1 aromatic rings. The molecule has 0 bridgehead atoms. The molecule has 16 heavy (non-hydrogen) atoms. The molecule has 0 saturated carbocycles. The van der Waals surface area contributed by atoms with Crippen molar-refractivity contribution in [3.63, 3.8) is 0 Å². The average molecular weight is 289 g/mol. The fourth-order valence-electron chi connectivity index (χ4n) is 0.971. The van der Waals surface area contributed by atoms with Gasteiger partial charge in [-0.1, -0.05) is 0 Å². The largest absolute Gasteiger partial charge is 0.480 e. The normalized spacial score (nSPS) is 11.9. The topological polar surface area (TPSA) is 99.5 Å². The van der Waals surface area contributed by atoms with Crippen molar-refractivity contribution in [1.82, 2.24) is 10.3 Å². The van der Waals surface area contributed by atoms with Crippen LogP contribution in [0.1, 0.15) is 10.4 Å². The van der Waals surface area contributed by atoms with Crippen LogP contribution in [-0.4, -0.2) is 39.7 Å². The summed E-state index contributed by atoms with van der Waals surface area (Å²) in [5.41, 5.74) is 0.265. The molecule has 0 aliphatic heterocycles. The third-order valence-corrected chi connectivity index (χ3v) is 2.21. The summed E-state index contributed by atoms with van der Waals surface area (Å²) in [5.74, 6) is -1.87. The SMILES string of the molecule is O=C(N[C@@H](CO)C(=O)O)c1ccnc(Br)c1. The number of hydrogen-bond donors (Lipinski definition) is 3. The predicted octanol–water partition coefficient (Wildman–Crippen LogP) is 0.0194. The number of carbonyl (C=O) groups excluding carboxylic acids is 1. The molecule has 6 nitrogen and oxygen atoms in total. The number of pyridine rings is 1. The van der Waals surface area contributed by atoms with Crippen LogP contribution in [0.4, 0.5) is 0 Å². The van der Waals surface area contributed by atoms with Crippen molar-refractivity contribution in [3.8, 4) is 0 Å². The minimum Gasteiger partial charge on any atom is -0.480 e. The number of aliphatic carboxylic acids is 1. The van der Waals surface area contributed by atoms with E-state index in [1.54, 1.807) is 0 Å².